The molecule has 2 aromatic carbocycles. The number of para-hydroxylation sites is 1. The van der Waals surface area contributed by atoms with Crippen LogP contribution >= 0.6 is 11.3 Å². The molecule has 0 atom stereocenters. The van der Waals surface area contributed by atoms with Crippen LogP contribution in [-0.4, -0.2) is 11.5 Å². The molecule has 0 bridgehead atoms. The molecule has 2 nitrogen and oxygen atoms in total. The Bertz CT molecular complexity index is 730. The topological polar surface area (TPSA) is 24.9 Å². The highest BCUT2D eigenvalue weighted by atomic mass is 32.1. The van der Waals surface area contributed by atoms with Crippen LogP contribution in [0.25, 0.3) is 21.3 Å². The van der Waals surface area contributed by atoms with E-state index in [2.05, 4.69) is 46.7 Å². The first-order chi connectivity index (χ1) is 8.92. The van der Waals surface area contributed by atoms with E-state index in [9.17, 15) is 0 Å². The number of fused-ring (bicyclic) bond motifs is 2. The Hall–Kier alpha value is -1.87. The van der Waals surface area contributed by atoms with Gasteiger partial charge in [0, 0.05) is 17.8 Å². The van der Waals surface area contributed by atoms with Crippen molar-refractivity contribution < 1.29 is 0 Å². The largest absolute Gasteiger partial charge is 0.384 e. The summed E-state index contributed by atoms with van der Waals surface area (Å²) in [5, 5.41) is 3.40. The minimum atomic E-state index is 1.06. The molecule has 2 heterocycles. The molecule has 3 aromatic rings. The van der Waals surface area contributed by atoms with E-state index >= 15 is 0 Å². The van der Waals surface area contributed by atoms with Gasteiger partial charge < -0.3 is 5.32 Å². The lowest BCUT2D eigenvalue weighted by atomic mass is 10.0. The van der Waals surface area contributed by atoms with Crippen molar-refractivity contribution in [3.63, 3.8) is 0 Å². The fraction of sp³-hybridized carbons (Fsp3) is 0.133. The lowest BCUT2D eigenvalue weighted by molar-refractivity contribution is 1.11. The first-order valence-electron chi connectivity index (χ1n) is 6.11. The zero-order valence-electron chi connectivity index (χ0n) is 9.81. The van der Waals surface area contributed by atoms with E-state index in [0.717, 1.165) is 18.5 Å². The minimum Gasteiger partial charge on any atom is -0.384 e. The summed E-state index contributed by atoms with van der Waals surface area (Å²) in [6, 6.07) is 13.1. The first-order valence-corrected chi connectivity index (χ1v) is 6.99. The highest BCUT2D eigenvalue weighted by Gasteiger charge is 2.12. The third-order valence-electron chi connectivity index (χ3n) is 3.49. The standard InChI is InChI=1S/C15H12N2S/c1-2-12(15-14(3-1)18-9-17-15)10-4-5-13-11(8-10)6-7-16-13/h1-5,8-9,16H,6-7H2. The third-order valence-corrected chi connectivity index (χ3v) is 4.28. The quantitative estimate of drug-likeness (QED) is 0.709. The van der Waals surface area contributed by atoms with Gasteiger partial charge in [0.25, 0.3) is 0 Å². The van der Waals surface area contributed by atoms with Gasteiger partial charge in [-0.3, -0.25) is 0 Å². The summed E-state index contributed by atoms with van der Waals surface area (Å²) in [5.41, 5.74) is 8.25. The fourth-order valence-corrected chi connectivity index (χ4v) is 3.29. The summed E-state index contributed by atoms with van der Waals surface area (Å²) in [6.07, 6.45) is 1.12. The molecule has 1 N–H and O–H groups in total. The van der Waals surface area contributed by atoms with Gasteiger partial charge in [-0.1, -0.05) is 18.2 Å². The van der Waals surface area contributed by atoms with Crippen LogP contribution in [0.4, 0.5) is 5.69 Å². The van der Waals surface area contributed by atoms with Crippen molar-refractivity contribution in [2.24, 2.45) is 0 Å². The number of rotatable bonds is 1. The minimum absolute atomic E-state index is 1.06. The lowest BCUT2D eigenvalue weighted by Crippen LogP contribution is -1.90. The third kappa shape index (κ3) is 1.44. The van der Waals surface area contributed by atoms with E-state index in [4.69, 9.17) is 0 Å². The number of hydrogen-bond donors (Lipinski definition) is 1. The average molecular weight is 252 g/mol. The zero-order valence-corrected chi connectivity index (χ0v) is 10.6. The monoisotopic (exact) mass is 252 g/mol. The number of nitrogens with one attached hydrogen (secondary N) is 1. The number of thiazole rings is 1. The summed E-state index contributed by atoms with van der Waals surface area (Å²) in [6.45, 7) is 1.06. The molecule has 0 amide bonds. The molecule has 1 aromatic heterocycles. The Morgan fingerprint density at radius 2 is 2.17 bits per heavy atom. The Kier molecular flexibility index (Phi) is 2.14. The van der Waals surface area contributed by atoms with Gasteiger partial charge in [-0.25, -0.2) is 4.98 Å². The highest BCUT2D eigenvalue weighted by molar-refractivity contribution is 7.16. The second kappa shape index (κ2) is 3.82. The molecule has 18 heavy (non-hydrogen) atoms. The highest BCUT2D eigenvalue weighted by Crippen LogP contribution is 2.33. The van der Waals surface area contributed by atoms with Crippen LogP contribution in [0.2, 0.25) is 0 Å². The molecule has 0 fully saturated rings. The summed E-state index contributed by atoms with van der Waals surface area (Å²) < 4.78 is 1.26. The van der Waals surface area contributed by atoms with Crippen molar-refractivity contribution in [3.05, 3.63) is 47.5 Å². The first kappa shape index (κ1) is 10.1. The summed E-state index contributed by atoms with van der Waals surface area (Å²) in [7, 11) is 0. The van der Waals surface area contributed by atoms with Crippen molar-refractivity contribution in [1.29, 1.82) is 0 Å². The molecule has 1 aliphatic heterocycles. The fourth-order valence-electron chi connectivity index (χ4n) is 2.59. The normalized spacial score (nSPS) is 13.6. The predicted octanol–water partition coefficient (Wildman–Crippen LogP) is 3.93. The van der Waals surface area contributed by atoms with Crippen LogP contribution in [0, 0.1) is 0 Å². The Morgan fingerprint density at radius 1 is 1.17 bits per heavy atom. The van der Waals surface area contributed by atoms with Gasteiger partial charge in [-0.2, -0.15) is 0 Å². The molecule has 0 unspecified atom stereocenters. The second-order valence-corrected chi connectivity index (χ2v) is 5.44. The van der Waals surface area contributed by atoms with E-state index in [1.54, 1.807) is 11.3 Å². The molecule has 1 aliphatic rings. The van der Waals surface area contributed by atoms with Crippen molar-refractivity contribution in [3.8, 4) is 11.1 Å². The average Bonchev–Trinajstić information content (AvgIpc) is 3.05. The van der Waals surface area contributed by atoms with Gasteiger partial charge >= 0.3 is 0 Å². The molecule has 0 aliphatic carbocycles. The molecule has 0 radical (unpaired) electrons. The van der Waals surface area contributed by atoms with E-state index in [-0.39, 0.29) is 0 Å². The number of hydrogen-bond acceptors (Lipinski definition) is 3. The molecule has 4 rings (SSSR count). The SMILES string of the molecule is c1cc(-c2ccc3c(c2)CCN3)c2ncsc2c1. The maximum Gasteiger partial charge on any atom is 0.0890 e. The number of anilines is 1. The van der Waals surface area contributed by atoms with Crippen LogP contribution in [-0.2, 0) is 6.42 Å². The van der Waals surface area contributed by atoms with Crippen molar-refractivity contribution in [2.75, 3.05) is 11.9 Å². The van der Waals surface area contributed by atoms with Crippen LogP contribution in [0.1, 0.15) is 5.56 Å². The van der Waals surface area contributed by atoms with Crippen LogP contribution < -0.4 is 5.32 Å². The smallest absolute Gasteiger partial charge is 0.0890 e. The number of aromatic nitrogens is 1. The molecule has 0 saturated heterocycles. The van der Waals surface area contributed by atoms with Crippen LogP contribution in [0.5, 0.6) is 0 Å². The van der Waals surface area contributed by atoms with Crippen molar-refractivity contribution >= 4 is 27.2 Å². The van der Waals surface area contributed by atoms with Crippen LogP contribution in [0.3, 0.4) is 0 Å². The number of nitrogens with zero attached hydrogens (tertiary/aromatic N) is 1. The molecular weight excluding hydrogens is 240 g/mol. The summed E-state index contributed by atoms with van der Waals surface area (Å²) >= 11 is 1.70. The predicted molar refractivity (Wildman–Crippen MR) is 77.2 cm³/mol. The maximum atomic E-state index is 4.49. The van der Waals surface area contributed by atoms with Gasteiger partial charge in [0.2, 0.25) is 0 Å². The van der Waals surface area contributed by atoms with E-state index in [1.165, 1.54) is 27.1 Å². The number of benzene rings is 2. The molecular formula is C15H12N2S. The van der Waals surface area contributed by atoms with E-state index in [1.807, 2.05) is 5.51 Å². The molecule has 88 valence electrons. The Balaban J connectivity index is 1.94. The van der Waals surface area contributed by atoms with Gasteiger partial charge in [-0.05, 0) is 35.7 Å². The Labute approximate surface area is 109 Å². The Morgan fingerprint density at radius 3 is 3.17 bits per heavy atom. The van der Waals surface area contributed by atoms with Crippen molar-refractivity contribution in [1.82, 2.24) is 4.98 Å². The molecule has 0 saturated carbocycles. The van der Waals surface area contributed by atoms with Gasteiger partial charge in [0.05, 0.1) is 15.7 Å². The van der Waals surface area contributed by atoms with Crippen molar-refractivity contribution in [2.45, 2.75) is 6.42 Å². The molecule has 0 spiro atoms. The maximum absolute atomic E-state index is 4.49. The summed E-state index contributed by atoms with van der Waals surface area (Å²) in [4.78, 5) is 4.49. The van der Waals surface area contributed by atoms with Crippen LogP contribution in [0.15, 0.2) is 41.9 Å². The second-order valence-electron chi connectivity index (χ2n) is 4.55. The van der Waals surface area contributed by atoms with E-state index in [0.29, 0.717) is 0 Å². The van der Waals surface area contributed by atoms with Gasteiger partial charge in [0.1, 0.15) is 0 Å². The lowest BCUT2D eigenvalue weighted by Gasteiger charge is -2.06. The molecule has 3 heteroatoms. The van der Waals surface area contributed by atoms with Gasteiger partial charge in [-0.15, -0.1) is 11.3 Å². The zero-order chi connectivity index (χ0) is 11.9. The van der Waals surface area contributed by atoms with Gasteiger partial charge in [0.15, 0.2) is 0 Å². The summed E-state index contributed by atoms with van der Waals surface area (Å²) in [5.74, 6) is 0. The van der Waals surface area contributed by atoms with E-state index < -0.39 is 0 Å².